The Morgan fingerprint density at radius 2 is 1.69 bits per heavy atom. The summed E-state index contributed by atoms with van der Waals surface area (Å²) >= 11 is 5.90. The van der Waals surface area contributed by atoms with Gasteiger partial charge in [0, 0.05) is 36.8 Å². The number of hydrogen-bond acceptors (Lipinski definition) is 5. The van der Waals surface area contributed by atoms with Crippen LogP contribution in [0.25, 0.3) is 0 Å². The number of aromatic nitrogens is 1. The molecule has 1 aromatic carbocycles. The molecule has 1 aliphatic rings. The number of sulfone groups is 1. The van der Waals surface area contributed by atoms with Crippen LogP contribution in [0.4, 0.5) is 5.69 Å². The molecular formula is C21H26ClN3O3S. The maximum Gasteiger partial charge on any atom is 0.253 e. The Hall–Kier alpha value is -2.12. The Morgan fingerprint density at radius 1 is 1.00 bits per heavy atom. The van der Waals surface area contributed by atoms with E-state index in [4.69, 9.17) is 11.6 Å². The zero-order valence-corrected chi connectivity index (χ0v) is 18.5. The van der Waals surface area contributed by atoms with E-state index in [-0.39, 0.29) is 10.9 Å². The molecule has 0 bridgehead atoms. The molecule has 1 aliphatic heterocycles. The lowest BCUT2D eigenvalue weighted by Gasteiger charge is -2.24. The van der Waals surface area contributed by atoms with Crippen LogP contribution in [0, 0.1) is 0 Å². The van der Waals surface area contributed by atoms with Crippen LogP contribution in [0.15, 0.2) is 47.6 Å². The third kappa shape index (κ3) is 4.73. The van der Waals surface area contributed by atoms with Gasteiger partial charge in [-0.1, -0.05) is 11.6 Å². The number of halogens is 1. The molecular weight excluding hydrogens is 410 g/mol. The molecule has 0 spiro atoms. The van der Waals surface area contributed by atoms with Gasteiger partial charge in [-0.25, -0.2) is 13.4 Å². The molecule has 0 aliphatic carbocycles. The van der Waals surface area contributed by atoms with Gasteiger partial charge in [0.2, 0.25) is 0 Å². The lowest BCUT2D eigenvalue weighted by Crippen LogP contribution is -2.35. The van der Waals surface area contributed by atoms with Gasteiger partial charge in [0.25, 0.3) is 5.91 Å². The summed E-state index contributed by atoms with van der Waals surface area (Å²) in [6, 6.07) is 10.3. The lowest BCUT2D eigenvalue weighted by molar-refractivity contribution is 0.0767. The highest BCUT2D eigenvalue weighted by Crippen LogP contribution is 2.25. The van der Waals surface area contributed by atoms with Crippen molar-refractivity contribution in [2.45, 2.75) is 37.0 Å². The maximum absolute atomic E-state index is 12.7. The van der Waals surface area contributed by atoms with Crippen LogP contribution in [-0.4, -0.2) is 55.1 Å². The fourth-order valence-corrected chi connectivity index (χ4v) is 4.38. The van der Waals surface area contributed by atoms with Gasteiger partial charge < -0.3 is 9.80 Å². The standard InChI is InChI=1S/C21H26ClN3O3S/c1-21(2,3)29(27,28)19-10-9-18(15-23-19)24-11-4-12-25(14-13-24)20(26)16-5-7-17(22)8-6-16/h5-10,15H,4,11-14H2,1-3H3. The number of carbonyl (C=O) groups is 1. The minimum absolute atomic E-state index is 0.00624. The molecule has 1 fully saturated rings. The van der Waals surface area contributed by atoms with E-state index < -0.39 is 14.6 Å². The molecule has 0 unspecified atom stereocenters. The molecule has 0 radical (unpaired) electrons. The zero-order valence-electron chi connectivity index (χ0n) is 16.9. The first-order chi connectivity index (χ1) is 13.6. The van der Waals surface area contributed by atoms with Crippen LogP contribution in [-0.2, 0) is 9.84 Å². The quantitative estimate of drug-likeness (QED) is 0.735. The minimum atomic E-state index is -3.48. The highest BCUT2D eigenvalue weighted by molar-refractivity contribution is 7.92. The predicted molar refractivity (Wildman–Crippen MR) is 115 cm³/mol. The first kappa shape index (κ1) is 21.6. The number of anilines is 1. The van der Waals surface area contributed by atoms with E-state index in [9.17, 15) is 13.2 Å². The van der Waals surface area contributed by atoms with Crippen LogP contribution in [0.5, 0.6) is 0 Å². The molecule has 1 amide bonds. The monoisotopic (exact) mass is 435 g/mol. The summed E-state index contributed by atoms with van der Waals surface area (Å²) in [5.74, 6) is -0.00624. The molecule has 1 saturated heterocycles. The Kier molecular flexibility index (Phi) is 6.19. The Labute approximate surface area is 177 Å². The van der Waals surface area contributed by atoms with Crippen LogP contribution in [0.1, 0.15) is 37.6 Å². The highest BCUT2D eigenvalue weighted by Gasteiger charge is 2.32. The van der Waals surface area contributed by atoms with E-state index in [0.717, 1.165) is 18.7 Å². The van der Waals surface area contributed by atoms with Crippen LogP contribution in [0.3, 0.4) is 0 Å². The van der Waals surface area contributed by atoms with Crippen molar-refractivity contribution < 1.29 is 13.2 Å². The molecule has 156 valence electrons. The van der Waals surface area contributed by atoms with Gasteiger partial charge in [0.05, 0.1) is 16.6 Å². The van der Waals surface area contributed by atoms with Crippen molar-refractivity contribution in [3.8, 4) is 0 Å². The van der Waals surface area contributed by atoms with E-state index in [0.29, 0.717) is 30.2 Å². The molecule has 0 N–H and O–H groups in total. The van der Waals surface area contributed by atoms with Crippen LogP contribution in [0.2, 0.25) is 5.02 Å². The molecule has 2 heterocycles. The summed E-state index contributed by atoms with van der Waals surface area (Å²) < 4.78 is 24.2. The first-order valence-corrected chi connectivity index (χ1v) is 11.5. The molecule has 2 aromatic rings. The van der Waals surface area contributed by atoms with Gasteiger partial charge in [0.15, 0.2) is 14.9 Å². The average molecular weight is 436 g/mol. The van der Waals surface area contributed by atoms with Crippen molar-refractivity contribution in [3.05, 3.63) is 53.2 Å². The van der Waals surface area contributed by atoms with E-state index in [1.165, 1.54) is 0 Å². The largest absolute Gasteiger partial charge is 0.368 e. The Bertz CT molecular complexity index is 968. The molecule has 0 atom stereocenters. The van der Waals surface area contributed by atoms with Gasteiger partial charge in [-0.3, -0.25) is 4.79 Å². The number of nitrogens with zero attached hydrogens (tertiary/aromatic N) is 3. The van der Waals surface area contributed by atoms with Crippen molar-refractivity contribution >= 4 is 33.0 Å². The van der Waals surface area contributed by atoms with Gasteiger partial charge in [0.1, 0.15) is 0 Å². The SMILES string of the molecule is CC(C)(C)S(=O)(=O)c1ccc(N2CCCN(C(=O)c3ccc(Cl)cc3)CC2)cn1. The Balaban J connectivity index is 1.69. The first-order valence-electron chi connectivity index (χ1n) is 9.60. The minimum Gasteiger partial charge on any atom is -0.368 e. The normalized spacial score (nSPS) is 15.9. The lowest BCUT2D eigenvalue weighted by atomic mass is 10.2. The maximum atomic E-state index is 12.7. The summed E-state index contributed by atoms with van der Waals surface area (Å²) in [4.78, 5) is 20.9. The van der Waals surface area contributed by atoms with Crippen LogP contribution < -0.4 is 4.90 Å². The summed E-state index contributed by atoms with van der Waals surface area (Å²) in [5.41, 5.74) is 1.49. The van der Waals surface area contributed by atoms with Gasteiger partial charge in [-0.15, -0.1) is 0 Å². The zero-order chi connectivity index (χ0) is 21.2. The second-order valence-electron chi connectivity index (χ2n) is 8.11. The Morgan fingerprint density at radius 3 is 2.28 bits per heavy atom. The van der Waals surface area contributed by atoms with E-state index in [1.54, 1.807) is 63.4 Å². The van der Waals surface area contributed by atoms with E-state index in [1.807, 2.05) is 4.90 Å². The predicted octanol–water partition coefficient (Wildman–Crippen LogP) is 3.66. The summed E-state index contributed by atoms with van der Waals surface area (Å²) in [7, 11) is -3.48. The van der Waals surface area contributed by atoms with Crippen molar-refractivity contribution in [2.24, 2.45) is 0 Å². The van der Waals surface area contributed by atoms with Gasteiger partial charge in [-0.05, 0) is 63.6 Å². The van der Waals surface area contributed by atoms with Gasteiger partial charge in [-0.2, -0.15) is 0 Å². The molecule has 1 aromatic heterocycles. The number of benzene rings is 1. The third-order valence-corrected chi connectivity index (χ3v) is 7.70. The average Bonchev–Trinajstić information content (AvgIpc) is 2.93. The number of pyridine rings is 1. The van der Waals surface area contributed by atoms with Gasteiger partial charge >= 0.3 is 0 Å². The van der Waals surface area contributed by atoms with E-state index in [2.05, 4.69) is 9.88 Å². The third-order valence-electron chi connectivity index (χ3n) is 5.04. The smallest absolute Gasteiger partial charge is 0.253 e. The highest BCUT2D eigenvalue weighted by atomic mass is 35.5. The molecule has 3 rings (SSSR count). The van der Waals surface area contributed by atoms with E-state index >= 15 is 0 Å². The van der Waals surface area contributed by atoms with Crippen molar-refractivity contribution in [1.82, 2.24) is 9.88 Å². The number of rotatable bonds is 3. The summed E-state index contributed by atoms with van der Waals surface area (Å²) in [6.07, 6.45) is 2.43. The number of amides is 1. The fraction of sp³-hybridized carbons (Fsp3) is 0.429. The molecule has 6 nitrogen and oxygen atoms in total. The fourth-order valence-electron chi connectivity index (χ4n) is 3.19. The summed E-state index contributed by atoms with van der Waals surface area (Å²) in [6.45, 7) is 7.69. The molecule has 8 heteroatoms. The summed E-state index contributed by atoms with van der Waals surface area (Å²) in [5, 5.41) is 0.691. The number of hydrogen-bond donors (Lipinski definition) is 0. The van der Waals surface area contributed by atoms with Crippen molar-refractivity contribution in [1.29, 1.82) is 0 Å². The van der Waals surface area contributed by atoms with Crippen molar-refractivity contribution in [3.63, 3.8) is 0 Å². The molecule has 29 heavy (non-hydrogen) atoms. The second kappa shape index (κ2) is 8.32. The van der Waals surface area contributed by atoms with Crippen LogP contribution >= 0.6 is 11.6 Å². The topological polar surface area (TPSA) is 70.6 Å². The molecule has 0 saturated carbocycles. The number of carbonyl (C=O) groups excluding carboxylic acids is 1. The van der Waals surface area contributed by atoms with Crippen molar-refractivity contribution in [2.75, 3.05) is 31.1 Å². The second-order valence-corrected chi connectivity index (χ2v) is 11.2.